The molecular weight excluding hydrogens is 274 g/mol. The molecule has 0 aliphatic heterocycles. The third-order valence-electron chi connectivity index (χ3n) is 3.04. The van der Waals surface area contributed by atoms with Crippen LogP contribution in [0.5, 0.6) is 0 Å². The van der Waals surface area contributed by atoms with Gasteiger partial charge in [-0.3, -0.25) is 4.90 Å². The van der Waals surface area contributed by atoms with E-state index < -0.39 is 0 Å². The molecule has 0 bridgehead atoms. The number of nitrogens with zero attached hydrogens (tertiary/aromatic N) is 2. The van der Waals surface area contributed by atoms with Crippen LogP contribution in [0.2, 0.25) is 5.02 Å². The molecule has 0 saturated heterocycles. The maximum absolute atomic E-state index is 8.62. The smallest absolute Gasteiger partial charge is 0.140 e. The van der Waals surface area contributed by atoms with Crippen LogP contribution in [0.3, 0.4) is 0 Å². The molecule has 1 aromatic rings. The van der Waals surface area contributed by atoms with Crippen molar-refractivity contribution in [2.24, 2.45) is 16.8 Å². The molecule has 112 valence electrons. The van der Waals surface area contributed by atoms with E-state index in [1.807, 2.05) is 13.0 Å². The Balaban J connectivity index is 2.72. The summed E-state index contributed by atoms with van der Waals surface area (Å²) in [5.74, 6) is 0.806. The monoisotopic (exact) mass is 297 g/mol. The number of rotatable bonds is 7. The van der Waals surface area contributed by atoms with E-state index in [1.165, 1.54) is 0 Å². The molecule has 0 amide bonds. The Morgan fingerprint density at radius 2 is 2.15 bits per heavy atom. The molecule has 0 spiro atoms. The minimum absolute atomic E-state index is 0.258. The summed E-state index contributed by atoms with van der Waals surface area (Å²) in [6.07, 6.45) is 0.548. The van der Waals surface area contributed by atoms with Gasteiger partial charge in [-0.1, -0.05) is 42.7 Å². The predicted octanol–water partition coefficient (Wildman–Crippen LogP) is 3.24. The second-order valence-electron chi connectivity index (χ2n) is 5.57. The summed E-state index contributed by atoms with van der Waals surface area (Å²) >= 11 is 6.29. The minimum atomic E-state index is 0.258. The third kappa shape index (κ3) is 5.80. The van der Waals surface area contributed by atoms with Crippen LogP contribution in [-0.2, 0) is 6.54 Å². The fraction of sp³-hybridized carbons (Fsp3) is 0.533. The van der Waals surface area contributed by atoms with Crippen molar-refractivity contribution in [2.75, 3.05) is 13.1 Å². The molecule has 0 radical (unpaired) electrons. The molecule has 0 saturated carbocycles. The Bertz CT molecular complexity index is 460. The van der Waals surface area contributed by atoms with E-state index in [0.29, 0.717) is 12.3 Å². The van der Waals surface area contributed by atoms with Crippen molar-refractivity contribution in [1.82, 2.24) is 4.90 Å². The van der Waals surface area contributed by atoms with Gasteiger partial charge < -0.3 is 10.9 Å². The Kier molecular flexibility index (Phi) is 6.82. The summed E-state index contributed by atoms with van der Waals surface area (Å²) < 4.78 is 0. The molecule has 5 heteroatoms. The van der Waals surface area contributed by atoms with Crippen LogP contribution in [0.1, 0.15) is 31.4 Å². The first-order chi connectivity index (χ1) is 9.42. The molecule has 20 heavy (non-hydrogen) atoms. The number of oxime groups is 1. The van der Waals surface area contributed by atoms with Crippen LogP contribution in [0.4, 0.5) is 0 Å². The highest BCUT2D eigenvalue weighted by Gasteiger charge is 2.11. The first-order valence-corrected chi connectivity index (χ1v) is 7.24. The molecule has 4 nitrogen and oxygen atoms in total. The van der Waals surface area contributed by atoms with E-state index in [9.17, 15) is 0 Å². The van der Waals surface area contributed by atoms with Gasteiger partial charge in [-0.25, -0.2) is 0 Å². The normalized spacial score (nSPS) is 12.4. The number of amidine groups is 1. The van der Waals surface area contributed by atoms with Gasteiger partial charge in [0.05, 0.1) is 0 Å². The molecule has 1 aromatic carbocycles. The number of halogens is 1. The number of hydrogen-bond acceptors (Lipinski definition) is 3. The zero-order valence-corrected chi connectivity index (χ0v) is 13.2. The average Bonchev–Trinajstić information content (AvgIpc) is 2.38. The largest absolute Gasteiger partial charge is 0.409 e. The fourth-order valence-electron chi connectivity index (χ4n) is 2.10. The second kappa shape index (κ2) is 8.12. The summed E-state index contributed by atoms with van der Waals surface area (Å²) in [7, 11) is 0. The van der Waals surface area contributed by atoms with Crippen LogP contribution in [0.25, 0.3) is 0 Å². The first kappa shape index (κ1) is 16.8. The molecule has 0 aromatic heterocycles. The maximum Gasteiger partial charge on any atom is 0.140 e. The lowest BCUT2D eigenvalue weighted by Crippen LogP contribution is -2.31. The van der Waals surface area contributed by atoms with Gasteiger partial charge in [0, 0.05) is 31.1 Å². The summed E-state index contributed by atoms with van der Waals surface area (Å²) in [6.45, 7) is 8.84. The minimum Gasteiger partial charge on any atom is -0.409 e. The van der Waals surface area contributed by atoms with Gasteiger partial charge in [0.2, 0.25) is 0 Å². The van der Waals surface area contributed by atoms with Gasteiger partial charge in [-0.15, -0.1) is 0 Å². The van der Waals surface area contributed by atoms with Crippen LogP contribution < -0.4 is 5.73 Å². The number of hydrogen-bond donors (Lipinski definition) is 2. The number of aryl methyl sites for hydroxylation is 1. The quantitative estimate of drug-likeness (QED) is 0.351. The molecule has 0 fully saturated rings. The van der Waals surface area contributed by atoms with E-state index >= 15 is 0 Å². The summed E-state index contributed by atoms with van der Waals surface area (Å²) in [5, 5.41) is 12.4. The fourth-order valence-corrected chi connectivity index (χ4v) is 2.39. The molecular formula is C15H24ClN3O. The predicted molar refractivity (Wildman–Crippen MR) is 84.3 cm³/mol. The SMILES string of the molecule is Cc1ccc(CN(CC/C(N)=N/O)CC(C)C)c(Cl)c1. The van der Waals surface area contributed by atoms with Crippen molar-refractivity contribution in [1.29, 1.82) is 0 Å². The first-order valence-electron chi connectivity index (χ1n) is 6.86. The van der Waals surface area contributed by atoms with Gasteiger partial charge in [0.15, 0.2) is 0 Å². The zero-order chi connectivity index (χ0) is 15.1. The van der Waals surface area contributed by atoms with Gasteiger partial charge in [0.1, 0.15) is 5.84 Å². The van der Waals surface area contributed by atoms with Crippen molar-refractivity contribution in [3.8, 4) is 0 Å². The standard InChI is InChI=1S/C15H24ClN3O/c1-11(2)9-19(7-6-15(17)18-20)10-13-5-4-12(3)8-14(13)16/h4-5,8,11,20H,6-7,9-10H2,1-3H3,(H2,17,18). The van der Waals surface area contributed by atoms with E-state index in [4.69, 9.17) is 22.5 Å². The molecule has 0 aliphatic rings. The maximum atomic E-state index is 8.62. The number of benzene rings is 1. The summed E-state index contributed by atoms with van der Waals surface area (Å²) in [6, 6.07) is 6.11. The lowest BCUT2D eigenvalue weighted by Gasteiger charge is -2.24. The van der Waals surface area contributed by atoms with E-state index in [-0.39, 0.29) is 5.84 Å². The van der Waals surface area contributed by atoms with E-state index in [1.54, 1.807) is 0 Å². The van der Waals surface area contributed by atoms with Gasteiger partial charge >= 0.3 is 0 Å². The Morgan fingerprint density at radius 3 is 2.70 bits per heavy atom. The summed E-state index contributed by atoms with van der Waals surface area (Å²) in [4.78, 5) is 2.28. The highest BCUT2D eigenvalue weighted by Crippen LogP contribution is 2.20. The molecule has 0 aliphatic carbocycles. The van der Waals surface area contributed by atoms with Crippen molar-refractivity contribution in [2.45, 2.75) is 33.7 Å². The molecule has 0 unspecified atom stereocenters. The van der Waals surface area contributed by atoms with Crippen LogP contribution in [0.15, 0.2) is 23.4 Å². The van der Waals surface area contributed by atoms with Crippen LogP contribution in [-0.4, -0.2) is 29.0 Å². The van der Waals surface area contributed by atoms with Gasteiger partial charge in [0.25, 0.3) is 0 Å². The Hall–Kier alpha value is -1.26. The Labute approximate surface area is 126 Å². The van der Waals surface area contributed by atoms with E-state index in [0.717, 1.165) is 35.8 Å². The number of nitrogens with two attached hydrogens (primary N) is 1. The summed E-state index contributed by atoms with van der Waals surface area (Å²) in [5.41, 5.74) is 7.81. The van der Waals surface area contributed by atoms with Crippen molar-refractivity contribution in [3.63, 3.8) is 0 Å². The van der Waals surface area contributed by atoms with Crippen LogP contribution in [0, 0.1) is 12.8 Å². The molecule has 3 N–H and O–H groups in total. The highest BCUT2D eigenvalue weighted by molar-refractivity contribution is 6.31. The van der Waals surface area contributed by atoms with Crippen molar-refractivity contribution in [3.05, 3.63) is 34.3 Å². The second-order valence-corrected chi connectivity index (χ2v) is 5.97. The Morgan fingerprint density at radius 1 is 1.45 bits per heavy atom. The van der Waals surface area contributed by atoms with Crippen LogP contribution >= 0.6 is 11.6 Å². The topological polar surface area (TPSA) is 61.8 Å². The average molecular weight is 298 g/mol. The zero-order valence-electron chi connectivity index (χ0n) is 12.4. The molecule has 0 heterocycles. The molecule has 0 atom stereocenters. The van der Waals surface area contributed by atoms with Crippen molar-refractivity contribution >= 4 is 17.4 Å². The van der Waals surface area contributed by atoms with E-state index in [2.05, 4.69) is 36.0 Å². The van der Waals surface area contributed by atoms with Crippen molar-refractivity contribution < 1.29 is 5.21 Å². The lowest BCUT2D eigenvalue weighted by molar-refractivity contribution is 0.241. The van der Waals surface area contributed by atoms with Gasteiger partial charge in [-0.05, 0) is 30.0 Å². The lowest BCUT2D eigenvalue weighted by atomic mass is 10.1. The van der Waals surface area contributed by atoms with Gasteiger partial charge in [-0.2, -0.15) is 0 Å². The highest BCUT2D eigenvalue weighted by atomic mass is 35.5. The third-order valence-corrected chi connectivity index (χ3v) is 3.39. The molecule has 1 rings (SSSR count).